The van der Waals surface area contributed by atoms with Crippen molar-refractivity contribution in [3.63, 3.8) is 0 Å². The third-order valence-electron chi connectivity index (χ3n) is 7.62. The molecule has 2 heteroatoms. The van der Waals surface area contributed by atoms with Crippen LogP contribution >= 0.6 is 23.2 Å². The van der Waals surface area contributed by atoms with Crippen LogP contribution in [0.15, 0.2) is 91.0 Å². The highest BCUT2D eigenvalue weighted by Crippen LogP contribution is 2.45. The standard InChI is InChI=1S/C30H29Cl.C7H7Cl/c1-29(2,3)21-13-18-11-12-19-14-22(30(4,5)6)17-25-24(23-9-7-8-10-26(23)31)16-20(15-21)27(18)28(19)25;1-6-4-2-3-5-7(6)8/h7-17H,1-6H3;2-5H,1H3. The minimum absolute atomic E-state index is 0.0710. The molecule has 0 amide bonds. The normalized spacial score (nSPS) is 12.2. The Hall–Kier alpha value is -3.06. The Morgan fingerprint density at radius 2 is 1.00 bits per heavy atom. The van der Waals surface area contributed by atoms with Gasteiger partial charge in [0.15, 0.2) is 0 Å². The molecule has 0 aliphatic rings. The molecule has 0 unspecified atom stereocenters. The summed E-state index contributed by atoms with van der Waals surface area (Å²) in [5.74, 6) is 0. The van der Waals surface area contributed by atoms with Crippen molar-refractivity contribution < 1.29 is 0 Å². The van der Waals surface area contributed by atoms with E-state index in [1.165, 1.54) is 49.0 Å². The Kier molecular flexibility index (Phi) is 7.17. The average molecular weight is 552 g/mol. The van der Waals surface area contributed by atoms with E-state index in [1.54, 1.807) is 0 Å². The summed E-state index contributed by atoms with van der Waals surface area (Å²) in [6.45, 7) is 15.7. The van der Waals surface area contributed by atoms with Gasteiger partial charge in [0, 0.05) is 15.6 Å². The van der Waals surface area contributed by atoms with Crippen LogP contribution in [0, 0.1) is 6.92 Å². The minimum Gasteiger partial charge on any atom is -0.0841 e. The van der Waals surface area contributed by atoms with Gasteiger partial charge in [0.05, 0.1) is 0 Å². The lowest BCUT2D eigenvalue weighted by molar-refractivity contribution is 0.591. The monoisotopic (exact) mass is 550 g/mol. The first-order valence-corrected chi connectivity index (χ1v) is 14.3. The maximum absolute atomic E-state index is 6.71. The maximum Gasteiger partial charge on any atom is 0.0484 e. The van der Waals surface area contributed by atoms with Crippen molar-refractivity contribution in [2.24, 2.45) is 0 Å². The van der Waals surface area contributed by atoms with Gasteiger partial charge in [-0.3, -0.25) is 0 Å². The minimum atomic E-state index is 0.0710. The lowest BCUT2D eigenvalue weighted by atomic mass is 9.79. The lowest BCUT2D eigenvalue weighted by Gasteiger charge is -2.25. The number of rotatable bonds is 1. The van der Waals surface area contributed by atoms with Crippen LogP contribution in [-0.4, -0.2) is 0 Å². The van der Waals surface area contributed by atoms with Crippen molar-refractivity contribution >= 4 is 55.5 Å². The Labute approximate surface area is 242 Å². The van der Waals surface area contributed by atoms with Crippen LogP contribution in [0.25, 0.3) is 43.4 Å². The van der Waals surface area contributed by atoms with E-state index in [0.29, 0.717) is 0 Å². The van der Waals surface area contributed by atoms with Crippen molar-refractivity contribution in [2.45, 2.75) is 59.3 Å². The first-order chi connectivity index (χ1) is 18.3. The molecule has 0 aromatic heterocycles. The lowest BCUT2D eigenvalue weighted by Crippen LogP contribution is -2.12. The van der Waals surface area contributed by atoms with E-state index < -0.39 is 0 Å². The van der Waals surface area contributed by atoms with Crippen LogP contribution in [0.1, 0.15) is 58.2 Å². The predicted molar refractivity (Wildman–Crippen MR) is 174 cm³/mol. The van der Waals surface area contributed by atoms with Gasteiger partial charge in [0.2, 0.25) is 0 Å². The molecule has 0 spiro atoms. The van der Waals surface area contributed by atoms with E-state index in [0.717, 1.165) is 21.2 Å². The molecule has 0 N–H and O–H groups in total. The van der Waals surface area contributed by atoms with Gasteiger partial charge >= 0.3 is 0 Å². The number of hydrogen-bond acceptors (Lipinski definition) is 0. The fourth-order valence-electron chi connectivity index (χ4n) is 5.24. The Balaban J connectivity index is 0.000000332. The van der Waals surface area contributed by atoms with Crippen LogP contribution in [0.4, 0.5) is 0 Å². The Morgan fingerprint density at radius 1 is 0.487 bits per heavy atom. The van der Waals surface area contributed by atoms with Crippen LogP contribution in [0.5, 0.6) is 0 Å². The van der Waals surface area contributed by atoms with Gasteiger partial charge in [-0.05, 0) is 96.6 Å². The molecule has 0 atom stereocenters. The summed E-state index contributed by atoms with van der Waals surface area (Å²) < 4.78 is 0. The molecule has 6 rings (SSSR count). The molecule has 0 saturated heterocycles. The largest absolute Gasteiger partial charge is 0.0841 e. The first-order valence-electron chi connectivity index (χ1n) is 13.6. The Bertz CT molecular complexity index is 1770. The van der Waals surface area contributed by atoms with Crippen molar-refractivity contribution in [2.75, 3.05) is 0 Å². The molecule has 39 heavy (non-hydrogen) atoms. The van der Waals surface area contributed by atoms with E-state index in [1.807, 2.05) is 43.3 Å². The summed E-state index contributed by atoms with van der Waals surface area (Å²) >= 11 is 12.4. The second kappa shape index (κ2) is 10.2. The highest BCUT2D eigenvalue weighted by atomic mass is 35.5. The third-order valence-corrected chi connectivity index (χ3v) is 8.38. The molecule has 6 aromatic carbocycles. The van der Waals surface area contributed by atoms with Gasteiger partial charge in [0.1, 0.15) is 0 Å². The fraction of sp³-hybridized carbons (Fsp3) is 0.243. The van der Waals surface area contributed by atoms with Crippen molar-refractivity contribution in [3.8, 4) is 11.1 Å². The first kappa shape index (κ1) is 27.5. The molecular formula is C37H36Cl2. The summed E-state index contributed by atoms with van der Waals surface area (Å²) in [4.78, 5) is 0. The molecule has 0 aliphatic heterocycles. The van der Waals surface area contributed by atoms with Crippen LogP contribution in [-0.2, 0) is 10.8 Å². The van der Waals surface area contributed by atoms with Crippen LogP contribution in [0.2, 0.25) is 10.0 Å². The second-order valence-electron chi connectivity index (χ2n) is 12.6. The van der Waals surface area contributed by atoms with Gasteiger partial charge in [-0.25, -0.2) is 0 Å². The molecular weight excluding hydrogens is 515 g/mol. The van der Waals surface area contributed by atoms with E-state index >= 15 is 0 Å². The highest BCUT2D eigenvalue weighted by Gasteiger charge is 2.22. The van der Waals surface area contributed by atoms with Crippen LogP contribution < -0.4 is 0 Å². The summed E-state index contributed by atoms with van der Waals surface area (Å²) in [5, 5.41) is 9.54. The van der Waals surface area contributed by atoms with E-state index in [9.17, 15) is 0 Å². The second-order valence-corrected chi connectivity index (χ2v) is 13.5. The van der Waals surface area contributed by atoms with Crippen molar-refractivity contribution in [1.29, 1.82) is 0 Å². The molecule has 0 bridgehead atoms. The van der Waals surface area contributed by atoms with E-state index in [4.69, 9.17) is 23.2 Å². The van der Waals surface area contributed by atoms with Crippen molar-refractivity contribution in [1.82, 2.24) is 0 Å². The highest BCUT2D eigenvalue weighted by molar-refractivity contribution is 6.35. The van der Waals surface area contributed by atoms with Gasteiger partial charge in [-0.2, -0.15) is 0 Å². The topological polar surface area (TPSA) is 0 Å². The fourth-order valence-corrected chi connectivity index (χ4v) is 5.61. The predicted octanol–water partition coefficient (Wildman–Crippen LogP) is 12.1. The number of halogens is 2. The van der Waals surface area contributed by atoms with Gasteiger partial charge in [-0.15, -0.1) is 0 Å². The van der Waals surface area contributed by atoms with E-state index in [2.05, 4.69) is 96.1 Å². The summed E-state index contributed by atoms with van der Waals surface area (Å²) in [5.41, 5.74) is 6.32. The van der Waals surface area contributed by atoms with Gasteiger partial charge < -0.3 is 0 Å². The molecule has 0 aliphatic carbocycles. The van der Waals surface area contributed by atoms with Crippen LogP contribution in [0.3, 0.4) is 0 Å². The molecule has 0 nitrogen and oxygen atoms in total. The van der Waals surface area contributed by atoms with Gasteiger partial charge in [-0.1, -0.05) is 131 Å². The molecule has 0 radical (unpaired) electrons. The third kappa shape index (κ3) is 5.38. The summed E-state index contributed by atoms with van der Waals surface area (Å²) in [6, 6.07) is 32.4. The average Bonchev–Trinajstić information content (AvgIpc) is 2.88. The molecule has 0 fully saturated rings. The molecule has 198 valence electrons. The SMILES string of the molecule is CC(C)(C)c1cc2ccc3cc(C(C)(C)C)cc4c(-c5ccccc5Cl)cc(c1)c2c34.Cc1ccccc1Cl. The summed E-state index contributed by atoms with van der Waals surface area (Å²) in [7, 11) is 0. The summed E-state index contributed by atoms with van der Waals surface area (Å²) in [6.07, 6.45) is 0. The molecule has 0 saturated carbocycles. The van der Waals surface area contributed by atoms with Crippen molar-refractivity contribution in [3.05, 3.63) is 118 Å². The maximum atomic E-state index is 6.71. The zero-order chi connectivity index (χ0) is 28.1. The number of hydrogen-bond donors (Lipinski definition) is 0. The smallest absolute Gasteiger partial charge is 0.0484 e. The zero-order valence-corrected chi connectivity index (χ0v) is 25.4. The Morgan fingerprint density at radius 3 is 1.54 bits per heavy atom. The quantitative estimate of drug-likeness (QED) is 0.178. The van der Waals surface area contributed by atoms with E-state index in [-0.39, 0.29) is 10.8 Å². The number of aryl methyl sites for hydroxylation is 1. The molecule has 6 aromatic rings. The van der Waals surface area contributed by atoms with Gasteiger partial charge in [0.25, 0.3) is 0 Å². The zero-order valence-electron chi connectivity index (χ0n) is 23.9. The number of benzene rings is 6. The molecule has 0 heterocycles.